The summed E-state index contributed by atoms with van der Waals surface area (Å²) in [6.07, 6.45) is 4.90. The number of rotatable bonds is 5. The molecule has 2 aromatic heterocycles. The van der Waals surface area contributed by atoms with Crippen molar-refractivity contribution in [2.24, 2.45) is 10.9 Å². The van der Waals surface area contributed by atoms with Crippen molar-refractivity contribution in [3.05, 3.63) is 69.9 Å². The Morgan fingerprint density at radius 1 is 1.21 bits per heavy atom. The lowest BCUT2D eigenvalue weighted by Gasteiger charge is -2.44. The Bertz CT molecular complexity index is 1670. The predicted molar refractivity (Wildman–Crippen MR) is 164 cm³/mol. The van der Waals surface area contributed by atoms with E-state index in [1.54, 1.807) is 17.2 Å². The van der Waals surface area contributed by atoms with Crippen LogP contribution in [0.3, 0.4) is 0 Å². The summed E-state index contributed by atoms with van der Waals surface area (Å²) in [5, 5.41) is 11.2. The number of benzene rings is 1. The van der Waals surface area contributed by atoms with Gasteiger partial charge in [0.1, 0.15) is 23.0 Å². The van der Waals surface area contributed by atoms with Crippen LogP contribution < -0.4 is 10.6 Å². The molecule has 4 atom stereocenters. The Morgan fingerprint density at radius 3 is 2.52 bits per heavy atom. The number of fused-ring (bicyclic) bond motifs is 1. The number of anilines is 1. The molecule has 1 N–H and O–H groups in total. The van der Waals surface area contributed by atoms with E-state index >= 15 is 4.39 Å². The molecule has 1 amide bonds. The molecule has 0 radical (unpaired) electrons. The lowest BCUT2D eigenvalue weighted by molar-refractivity contribution is -0.130. The van der Waals surface area contributed by atoms with E-state index in [1.807, 2.05) is 45.6 Å². The Hall–Kier alpha value is -4.05. The van der Waals surface area contributed by atoms with E-state index < -0.39 is 17.5 Å². The standard InChI is InChI=1S/C31H34ClFN6O3/c1-7-24(41)38-18(5)14-37(15-19(38)6)29-20-13-21(32)27(25-22(33)9-8-10-23(25)40)35-30(20)39(31(42)36-29)28-17(4)11-12-34-26(28)16(2)3/h7-13,16,18-19,26,28,40H,1,14-15H2,2-6H3/t18-,19+,26-,28?/m0/s1. The minimum absolute atomic E-state index is 0.00948. The number of phenols is 1. The molecular formula is C31H34ClFN6O3. The summed E-state index contributed by atoms with van der Waals surface area (Å²) in [7, 11) is 0. The molecule has 11 heteroatoms. The van der Waals surface area contributed by atoms with Gasteiger partial charge in [-0.15, -0.1) is 0 Å². The van der Waals surface area contributed by atoms with Gasteiger partial charge in [-0.1, -0.05) is 38.1 Å². The molecule has 0 spiro atoms. The highest BCUT2D eigenvalue weighted by Gasteiger charge is 2.36. The Kier molecular flexibility index (Phi) is 7.94. The minimum Gasteiger partial charge on any atom is -0.507 e. The Balaban J connectivity index is 1.79. The fourth-order valence-electron chi connectivity index (χ4n) is 6.17. The van der Waals surface area contributed by atoms with Crippen molar-refractivity contribution in [1.29, 1.82) is 0 Å². The highest BCUT2D eigenvalue weighted by atomic mass is 35.5. The number of hydrogen-bond donors (Lipinski definition) is 1. The number of dihydropyridines is 1. The lowest BCUT2D eigenvalue weighted by Crippen LogP contribution is -2.58. The number of carbonyl (C=O) groups excluding carboxylic acids is 1. The zero-order valence-electron chi connectivity index (χ0n) is 24.3. The van der Waals surface area contributed by atoms with Crippen LogP contribution in [-0.4, -0.2) is 67.9 Å². The van der Waals surface area contributed by atoms with Crippen LogP contribution in [0.5, 0.6) is 5.75 Å². The summed E-state index contributed by atoms with van der Waals surface area (Å²) in [6.45, 7) is 14.3. The Labute approximate surface area is 248 Å². The van der Waals surface area contributed by atoms with Gasteiger partial charge >= 0.3 is 5.69 Å². The number of piperazine rings is 1. The van der Waals surface area contributed by atoms with Crippen molar-refractivity contribution in [2.45, 2.75) is 58.8 Å². The molecule has 1 fully saturated rings. The number of nitrogens with zero attached hydrogens (tertiary/aromatic N) is 6. The zero-order valence-corrected chi connectivity index (χ0v) is 25.0. The highest BCUT2D eigenvalue weighted by Crippen LogP contribution is 2.40. The van der Waals surface area contributed by atoms with Crippen molar-refractivity contribution in [2.75, 3.05) is 18.0 Å². The number of pyridine rings is 1. The molecule has 1 saturated heterocycles. The smallest absolute Gasteiger partial charge is 0.351 e. The molecule has 3 aromatic rings. The summed E-state index contributed by atoms with van der Waals surface area (Å²) in [5.74, 6) is -0.735. The predicted octanol–water partition coefficient (Wildman–Crippen LogP) is 5.16. The third kappa shape index (κ3) is 4.98. The van der Waals surface area contributed by atoms with Crippen molar-refractivity contribution in [3.63, 3.8) is 0 Å². The van der Waals surface area contributed by atoms with Gasteiger partial charge in [0.15, 0.2) is 0 Å². The molecule has 1 aromatic carbocycles. The highest BCUT2D eigenvalue weighted by molar-refractivity contribution is 6.34. The molecule has 5 rings (SSSR count). The third-order valence-corrected chi connectivity index (χ3v) is 8.34. The second-order valence-corrected chi connectivity index (χ2v) is 11.8. The molecule has 0 bridgehead atoms. The van der Waals surface area contributed by atoms with Gasteiger partial charge < -0.3 is 14.9 Å². The van der Waals surface area contributed by atoms with Crippen molar-refractivity contribution < 1.29 is 14.3 Å². The number of carbonyl (C=O) groups is 1. The first kappa shape index (κ1) is 29.4. The average Bonchev–Trinajstić information content (AvgIpc) is 2.92. The van der Waals surface area contributed by atoms with Crippen LogP contribution in [0.15, 0.2) is 58.4 Å². The summed E-state index contributed by atoms with van der Waals surface area (Å²) in [4.78, 5) is 44.3. The summed E-state index contributed by atoms with van der Waals surface area (Å²) >= 11 is 6.75. The molecule has 0 saturated carbocycles. The normalized spacial score (nSPS) is 22.5. The maximum Gasteiger partial charge on any atom is 0.351 e. The second-order valence-electron chi connectivity index (χ2n) is 11.4. The largest absolute Gasteiger partial charge is 0.507 e. The number of aromatic hydroxyl groups is 1. The first-order chi connectivity index (χ1) is 19.9. The summed E-state index contributed by atoms with van der Waals surface area (Å²) in [6, 6.07) is 4.42. The molecular weight excluding hydrogens is 559 g/mol. The maximum absolute atomic E-state index is 15.1. The molecule has 1 unspecified atom stereocenters. The number of aliphatic imine (C=N–C) groups is 1. The second kappa shape index (κ2) is 11.3. The number of hydrogen-bond acceptors (Lipinski definition) is 7. The van der Waals surface area contributed by atoms with Crippen molar-refractivity contribution in [1.82, 2.24) is 19.4 Å². The number of halogens is 2. The van der Waals surface area contributed by atoms with E-state index in [-0.39, 0.29) is 57.6 Å². The van der Waals surface area contributed by atoms with Crippen LogP contribution in [0.25, 0.3) is 22.3 Å². The lowest BCUT2D eigenvalue weighted by atomic mass is 9.90. The average molecular weight is 593 g/mol. The van der Waals surface area contributed by atoms with E-state index in [0.717, 1.165) is 5.57 Å². The number of allylic oxidation sites excluding steroid dienone is 1. The van der Waals surface area contributed by atoms with Crippen LogP contribution >= 0.6 is 11.6 Å². The van der Waals surface area contributed by atoms with Gasteiger partial charge in [-0.3, -0.25) is 14.4 Å². The van der Waals surface area contributed by atoms with Crippen LogP contribution in [-0.2, 0) is 4.79 Å². The molecule has 42 heavy (non-hydrogen) atoms. The molecule has 9 nitrogen and oxygen atoms in total. The first-order valence-electron chi connectivity index (χ1n) is 13.9. The first-order valence-corrected chi connectivity index (χ1v) is 14.3. The van der Waals surface area contributed by atoms with Gasteiger partial charge in [0.05, 0.1) is 33.7 Å². The molecule has 4 heterocycles. The fourth-order valence-corrected chi connectivity index (χ4v) is 6.42. The summed E-state index contributed by atoms with van der Waals surface area (Å²) < 4.78 is 16.6. The number of amides is 1. The van der Waals surface area contributed by atoms with E-state index in [4.69, 9.17) is 16.6 Å². The van der Waals surface area contributed by atoms with Gasteiger partial charge in [0, 0.05) is 31.4 Å². The van der Waals surface area contributed by atoms with Gasteiger partial charge in [0.25, 0.3) is 0 Å². The molecule has 220 valence electrons. The van der Waals surface area contributed by atoms with Crippen molar-refractivity contribution >= 4 is 40.6 Å². The third-order valence-electron chi connectivity index (χ3n) is 8.06. The molecule has 0 aliphatic carbocycles. The van der Waals surface area contributed by atoms with Gasteiger partial charge in [0.2, 0.25) is 5.91 Å². The van der Waals surface area contributed by atoms with Crippen molar-refractivity contribution in [3.8, 4) is 17.0 Å². The Morgan fingerprint density at radius 2 is 1.90 bits per heavy atom. The fraction of sp³-hybridized carbons (Fsp3) is 0.387. The van der Waals surface area contributed by atoms with Gasteiger partial charge in [-0.05, 0) is 62.6 Å². The summed E-state index contributed by atoms with van der Waals surface area (Å²) in [5.41, 5.74) is 0.455. The van der Waals surface area contributed by atoms with Crippen LogP contribution in [0.1, 0.15) is 40.7 Å². The van der Waals surface area contributed by atoms with Gasteiger partial charge in [-0.2, -0.15) is 4.98 Å². The van der Waals surface area contributed by atoms with Gasteiger partial charge in [-0.25, -0.2) is 14.2 Å². The van der Waals surface area contributed by atoms with E-state index in [2.05, 4.69) is 16.6 Å². The maximum atomic E-state index is 15.1. The van der Waals surface area contributed by atoms with E-state index in [9.17, 15) is 14.7 Å². The van der Waals surface area contributed by atoms with Crippen LogP contribution in [0.4, 0.5) is 10.2 Å². The zero-order chi connectivity index (χ0) is 30.5. The van der Waals surface area contributed by atoms with Crippen LogP contribution in [0, 0.1) is 11.7 Å². The SMILES string of the molecule is C=CC(=O)N1[C@H](C)CN(c2nc(=O)n(C3C(C)=CC=N[C@H]3C(C)C)c3nc(-c4c(O)cccc4F)c(Cl)cc23)C[C@@H]1C. The topological polar surface area (TPSA) is 104 Å². The number of aromatic nitrogens is 3. The molecule has 2 aliphatic rings. The van der Waals surface area contributed by atoms with Crippen LogP contribution in [0.2, 0.25) is 5.02 Å². The van der Waals surface area contributed by atoms with E-state index in [1.165, 1.54) is 28.8 Å². The van der Waals surface area contributed by atoms with E-state index in [0.29, 0.717) is 24.3 Å². The monoisotopic (exact) mass is 592 g/mol. The molecule has 2 aliphatic heterocycles. The quantitative estimate of drug-likeness (QED) is 0.410. The number of phenolic OH excluding ortho intramolecular Hbond substituents is 1. The minimum atomic E-state index is -0.698.